The lowest BCUT2D eigenvalue weighted by atomic mass is 9.86. The lowest BCUT2D eigenvalue weighted by molar-refractivity contribution is 0.102. The first-order valence-electron chi connectivity index (χ1n) is 8.96. The molecule has 3 rings (SSSR count). The molecular weight excluding hydrogens is 334 g/mol. The number of carbonyl (C=O) groups is 2. The second kappa shape index (κ2) is 7.58. The van der Waals surface area contributed by atoms with Gasteiger partial charge in [0.15, 0.2) is 5.78 Å². The SMILES string of the molecule is CC(C)(C)c1ccc(C(=O)c2cccc(NC(=O)c3ccccc3)c2)cc1. The molecule has 0 aliphatic carbocycles. The second-order valence-corrected chi connectivity index (χ2v) is 7.56. The molecule has 3 nitrogen and oxygen atoms in total. The van der Waals surface area contributed by atoms with Gasteiger partial charge < -0.3 is 5.32 Å². The Morgan fingerprint density at radius 2 is 1.33 bits per heavy atom. The van der Waals surface area contributed by atoms with Crippen LogP contribution >= 0.6 is 0 Å². The van der Waals surface area contributed by atoms with Gasteiger partial charge in [0.2, 0.25) is 0 Å². The van der Waals surface area contributed by atoms with Crippen LogP contribution in [-0.4, -0.2) is 11.7 Å². The van der Waals surface area contributed by atoms with E-state index in [2.05, 4.69) is 26.1 Å². The zero-order chi connectivity index (χ0) is 19.4. The number of carbonyl (C=O) groups excluding carboxylic acids is 2. The topological polar surface area (TPSA) is 46.2 Å². The lowest BCUT2D eigenvalue weighted by Gasteiger charge is -2.19. The summed E-state index contributed by atoms with van der Waals surface area (Å²) >= 11 is 0. The van der Waals surface area contributed by atoms with Gasteiger partial charge in [0, 0.05) is 22.4 Å². The van der Waals surface area contributed by atoms with Gasteiger partial charge in [0.05, 0.1) is 0 Å². The molecule has 1 N–H and O–H groups in total. The third kappa shape index (κ3) is 4.50. The van der Waals surface area contributed by atoms with Crippen molar-refractivity contribution in [3.8, 4) is 0 Å². The average Bonchev–Trinajstić information content (AvgIpc) is 2.68. The number of amides is 1. The molecule has 1 amide bonds. The number of hydrogen-bond acceptors (Lipinski definition) is 2. The van der Waals surface area contributed by atoms with Crippen molar-refractivity contribution < 1.29 is 9.59 Å². The average molecular weight is 357 g/mol. The van der Waals surface area contributed by atoms with Crippen molar-refractivity contribution in [1.29, 1.82) is 0 Å². The van der Waals surface area contributed by atoms with E-state index < -0.39 is 0 Å². The molecule has 0 fully saturated rings. The Hall–Kier alpha value is -3.20. The first kappa shape index (κ1) is 18.6. The minimum absolute atomic E-state index is 0.0449. The smallest absolute Gasteiger partial charge is 0.255 e. The van der Waals surface area contributed by atoms with Gasteiger partial charge in [0.1, 0.15) is 0 Å². The van der Waals surface area contributed by atoms with Crippen molar-refractivity contribution in [2.45, 2.75) is 26.2 Å². The minimum atomic E-state index is -0.199. The summed E-state index contributed by atoms with van der Waals surface area (Å²) in [5, 5.41) is 2.84. The molecule has 0 heterocycles. The van der Waals surface area contributed by atoms with Gasteiger partial charge in [-0.2, -0.15) is 0 Å². The van der Waals surface area contributed by atoms with Gasteiger partial charge in [-0.3, -0.25) is 9.59 Å². The Labute approximate surface area is 160 Å². The fourth-order valence-electron chi connectivity index (χ4n) is 2.82. The van der Waals surface area contributed by atoms with E-state index in [1.54, 1.807) is 36.4 Å². The first-order chi connectivity index (χ1) is 12.8. The third-order valence-corrected chi connectivity index (χ3v) is 4.43. The van der Waals surface area contributed by atoms with Gasteiger partial charge in [-0.05, 0) is 35.2 Å². The van der Waals surface area contributed by atoms with Crippen LogP contribution in [0.2, 0.25) is 0 Å². The fraction of sp³-hybridized carbons (Fsp3) is 0.167. The van der Waals surface area contributed by atoms with Crippen LogP contribution in [0.5, 0.6) is 0 Å². The number of rotatable bonds is 4. The van der Waals surface area contributed by atoms with E-state index in [4.69, 9.17) is 0 Å². The zero-order valence-electron chi connectivity index (χ0n) is 15.8. The van der Waals surface area contributed by atoms with Crippen LogP contribution in [0.4, 0.5) is 5.69 Å². The Morgan fingerprint density at radius 1 is 0.704 bits per heavy atom. The number of ketones is 1. The Kier molecular flexibility index (Phi) is 5.22. The summed E-state index contributed by atoms with van der Waals surface area (Å²) in [6, 6.07) is 23.7. The molecule has 0 atom stereocenters. The Bertz CT molecular complexity index is 952. The van der Waals surface area contributed by atoms with E-state index in [1.165, 1.54) is 5.56 Å². The first-order valence-corrected chi connectivity index (χ1v) is 8.96. The standard InChI is InChI=1S/C24H23NO2/c1-24(2,3)20-14-12-17(13-15-20)22(26)19-10-7-11-21(16-19)25-23(27)18-8-5-4-6-9-18/h4-16H,1-3H3,(H,25,27). The lowest BCUT2D eigenvalue weighted by Crippen LogP contribution is -2.13. The predicted molar refractivity (Wildman–Crippen MR) is 109 cm³/mol. The van der Waals surface area contributed by atoms with Crippen molar-refractivity contribution in [3.05, 3.63) is 101 Å². The van der Waals surface area contributed by atoms with Gasteiger partial charge >= 0.3 is 0 Å². The summed E-state index contributed by atoms with van der Waals surface area (Å²) in [7, 11) is 0. The van der Waals surface area contributed by atoms with Gasteiger partial charge in [-0.15, -0.1) is 0 Å². The van der Waals surface area contributed by atoms with Crippen LogP contribution in [0, 0.1) is 0 Å². The quantitative estimate of drug-likeness (QED) is 0.630. The highest BCUT2D eigenvalue weighted by atomic mass is 16.1. The minimum Gasteiger partial charge on any atom is -0.322 e. The summed E-state index contributed by atoms with van der Waals surface area (Å²) in [6.07, 6.45) is 0. The largest absolute Gasteiger partial charge is 0.322 e. The van der Waals surface area contributed by atoms with Crippen LogP contribution in [0.15, 0.2) is 78.9 Å². The molecule has 0 aromatic heterocycles. The summed E-state index contributed by atoms with van der Waals surface area (Å²) in [5.41, 5.74) is 3.58. The molecule has 27 heavy (non-hydrogen) atoms. The monoisotopic (exact) mass is 357 g/mol. The summed E-state index contributed by atoms with van der Waals surface area (Å²) in [5.74, 6) is -0.263. The van der Waals surface area contributed by atoms with E-state index >= 15 is 0 Å². The molecule has 3 aromatic rings. The van der Waals surface area contributed by atoms with E-state index in [-0.39, 0.29) is 17.1 Å². The maximum absolute atomic E-state index is 12.8. The molecule has 0 aliphatic heterocycles. The van der Waals surface area contributed by atoms with Gasteiger partial charge in [0.25, 0.3) is 5.91 Å². The predicted octanol–water partition coefficient (Wildman–Crippen LogP) is 5.47. The van der Waals surface area contributed by atoms with Crippen molar-refractivity contribution in [2.24, 2.45) is 0 Å². The number of nitrogens with one attached hydrogen (secondary N) is 1. The Morgan fingerprint density at radius 3 is 1.96 bits per heavy atom. The van der Waals surface area contributed by atoms with Crippen LogP contribution in [0.3, 0.4) is 0 Å². The van der Waals surface area contributed by atoms with E-state index in [1.807, 2.05) is 42.5 Å². The maximum atomic E-state index is 12.8. The van der Waals surface area contributed by atoms with E-state index in [0.717, 1.165) is 0 Å². The Balaban J connectivity index is 1.78. The van der Waals surface area contributed by atoms with Crippen LogP contribution in [0.1, 0.15) is 52.6 Å². The molecule has 0 bridgehead atoms. The highest BCUT2D eigenvalue weighted by Gasteiger charge is 2.15. The van der Waals surface area contributed by atoms with Gasteiger partial charge in [-0.1, -0.05) is 75.4 Å². The number of hydrogen-bond donors (Lipinski definition) is 1. The summed E-state index contributed by atoms with van der Waals surface area (Å²) < 4.78 is 0. The summed E-state index contributed by atoms with van der Waals surface area (Å²) in [6.45, 7) is 6.42. The normalized spacial score (nSPS) is 11.1. The molecule has 0 unspecified atom stereocenters. The fourth-order valence-corrected chi connectivity index (χ4v) is 2.82. The zero-order valence-corrected chi connectivity index (χ0v) is 15.8. The van der Waals surface area contributed by atoms with Gasteiger partial charge in [-0.25, -0.2) is 0 Å². The van der Waals surface area contributed by atoms with Crippen molar-refractivity contribution in [3.63, 3.8) is 0 Å². The molecule has 0 saturated heterocycles. The molecular formula is C24H23NO2. The van der Waals surface area contributed by atoms with Crippen molar-refractivity contribution >= 4 is 17.4 Å². The van der Waals surface area contributed by atoms with E-state index in [9.17, 15) is 9.59 Å². The number of anilines is 1. The highest BCUT2D eigenvalue weighted by molar-refractivity contribution is 6.10. The molecule has 136 valence electrons. The molecule has 3 aromatic carbocycles. The van der Waals surface area contributed by atoms with Crippen LogP contribution in [-0.2, 0) is 5.41 Å². The maximum Gasteiger partial charge on any atom is 0.255 e. The third-order valence-electron chi connectivity index (χ3n) is 4.43. The van der Waals surface area contributed by atoms with Crippen LogP contribution < -0.4 is 5.32 Å². The van der Waals surface area contributed by atoms with Crippen molar-refractivity contribution in [1.82, 2.24) is 0 Å². The molecule has 0 radical (unpaired) electrons. The van der Waals surface area contributed by atoms with Crippen molar-refractivity contribution in [2.75, 3.05) is 5.32 Å². The number of benzene rings is 3. The molecule has 0 saturated carbocycles. The van der Waals surface area contributed by atoms with E-state index in [0.29, 0.717) is 22.4 Å². The molecule has 0 spiro atoms. The van der Waals surface area contributed by atoms with Crippen LogP contribution in [0.25, 0.3) is 0 Å². The highest BCUT2D eigenvalue weighted by Crippen LogP contribution is 2.23. The molecule has 3 heteroatoms. The summed E-state index contributed by atoms with van der Waals surface area (Å²) in [4.78, 5) is 25.1. The second-order valence-electron chi connectivity index (χ2n) is 7.56. The molecule has 0 aliphatic rings.